The zero-order valence-corrected chi connectivity index (χ0v) is 17.1. The minimum atomic E-state index is -1.25. The van der Waals surface area contributed by atoms with Crippen LogP contribution in [0.25, 0.3) is 0 Å². The number of hydrogen-bond acceptors (Lipinski definition) is 4. The first-order valence-electron chi connectivity index (χ1n) is 9.70. The Labute approximate surface area is 182 Å². The standard InChI is InChI=1S/C22H18ClN5O3/c23-14-7-5-13(6-8-14)11-28-20-16(10-25-28)22(9-19(30)26-20)15-3-1-2-4-17(15)27(21(22)31)12-18(24)29/h1-8,10H,9,11-12H2,(H2,24,29)(H,26,30)/t22-/m0/s1. The molecule has 2 aliphatic heterocycles. The molecule has 5 rings (SSSR count). The van der Waals surface area contributed by atoms with E-state index in [2.05, 4.69) is 10.4 Å². The minimum Gasteiger partial charge on any atom is -0.368 e. The summed E-state index contributed by atoms with van der Waals surface area (Å²) in [5.74, 6) is -0.807. The van der Waals surface area contributed by atoms with Gasteiger partial charge in [-0.3, -0.25) is 14.4 Å². The normalized spacial score (nSPS) is 19.3. The molecule has 3 aromatic rings. The summed E-state index contributed by atoms with van der Waals surface area (Å²) < 4.78 is 1.66. The largest absolute Gasteiger partial charge is 0.368 e. The average Bonchev–Trinajstić information content (AvgIpc) is 3.23. The minimum absolute atomic E-state index is 0.0717. The zero-order valence-electron chi connectivity index (χ0n) is 16.3. The molecule has 2 aliphatic rings. The molecule has 156 valence electrons. The molecule has 3 N–H and O–H groups in total. The second kappa shape index (κ2) is 6.95. The number of nitrogens with zero attached hydrogens (tertiary/aromatic N) is 3. The van der Waals surface area contributed by atoms with Crippen LogP contribution in [0, 0.1) is 0 Å². The van der Waals surface area contributed by atoms with Gasteiger partial charge in [-0.1, -0.05) is 41.9 Å². The number of rotatable bonds is 4. The highest BCUT2D eigenvalue weighted by Gasteiger charge is 2.57. The number of carbonyl (C=O) groups excluding carboxylic acids is 3. The van der Waals surface area contributed by atoms with Crippen LogP contribution >= 0.6 is 11.6 Å². The summed E-state index contributed by atoms with van der Waals surface area (Å²) in [5.41, 5.74) is 6.94. The van der Waals surface area contributed by atoms with Crippen LogP contribution in [0.3, 0.4) is 0 Å². The van der Waals surface area contributed by atoms with E-state index in [9.17, 15) is 14.4 Å². The molecular weight excluding hydrogens is 418 g/mol. The van der Waals surface area contributed by atoms with Crippen molar-refractivity contribution in [3.8, 4) is 0 Å². The Balaban J connectivity index is 1.64. The third-order valence-corrected chi connectivity index (χ3v) is 6.06. The molecule has 0 saturated heterocycles. The van der Waals surface area contributed by atoms with Crippen molar-refractivity contribution in [2.45, 2.75) is 18.4 Å². The number of benzene rings is 2. The maximum atomic E-state index is 13.7. The van der Waals surface area contributed by atoms with Crippen molar-refractivity contribution < 1.29 is 14.4 Å². The van der Waals surface area contributed by atoms with Crippen LogP contribution in [-0.4, -0.2) is 34.0 Å². The molecule has 3 amide bonds. The first kappa shape index (κ1) is 19.3. The lowest BCUT2D eigenvalue weighted by Gasteiger charge is -2.32. The van der Waals surface area contributed by atoms with Crippen molar-refractivity contribution in [2.24, 2.45) is 5.73 Å². The molecule has 0 aliphatic carbocycles. The molecule has 0 saturated carbocycles. The summed E-state index contributed by atoms with van der Waals surface area (Å²) in [6.45, 7) is 0.136. The van der Waals surface area contributed by atoms with Crippen LogP contribution in [0.15, 0.2) is 54.7 Å². The number of nitrogens with two attached hydrogens (primary N) is 1. The van der Waals surface area contributed by atoms with E-state index in [1.165, 1.54) is 4.90 Å². The lowest BCUT2D eigenvalue weighted by molar-refractivity contribution is -0.127. The predicted molar refractivity (Wildman–Crippen MR) is 115 cm³/mol. The van der Waals surface area contributed by atoms with E-state index in [0.29, 0.717) is 34.2 Å². The van der Waals surface area contributed by atoms with E-state index in [-0.39, 0.29) is 24.8 Å². The van der Waals surface area contributed by atoms with Gasteiger partial charge in [-0.2, -0.15) is 5.10 Å². The van der Waals surface area contributed by atoms with Crippen molar-refractivity contribution >= 4 is 40.8 Å². The SMILES string of the molecule is NC(=O)CN1C(=O)[C@@]2(CC(=O)Nc3c2cnn3Cc2ccc(Cl)cc2)c2ccccc21. The zero-order chi connectivity index (χ0) is 21.8. The highest BCUT2D eigenvalue weighted by Crippen LogP contribution is 2.52. The van der Waals surface area contributed by atoms with Gasteiger partial charge in [-0.25, -0.2) is 4.68 Å². The van der Waals surface area contributed by atoms with Gasteiger partial charge >= 0.3 is 0 Å². The van der Waals surface area contributed by atoms with Gasteiger partial charge in [0, 0.05) is 22.7 Å². The molecule has 0 unspecified atom stereocenters. The van der Waals surface area contributed by atoms with E-state index in [1.807, 2.05) is 24.3 Å². The number of amides is 3. The average molecular weight is 436 g/mol. The maximum absolute atomic E-state index is 13.7. The van der Waals surface area contributed by atoms with Crippen molar-refractivity contribution in [1.29, 1.82) is 0 Å². The monoisotopic (exact) mass is 435 g/mol. The van der Waals surface area contributed by atoms with Gasteiger partial charge in [0.25, 0.3) is 0 Å². The summed E-state index contributed by atoms with van der Waals surface area (Å²) >= 11 is 5.97. The number of para-hydroxylation sites is 1. The molecular formula is C22H18ClN5O3. The number of anilines is 2. The summed E-state index contributed by atoms with van der Waals surface area (Å²) in [6.07, 6.45) is 1.55. The van der Waals surface area contributed by atoms with E-state index in [1.54, 1.807) is 35.1 Å². The second-order valence-corrected chi connectivity index (χ2v) is 8.13. The smallest absolute Gasteiger partial charge is 0.243 e. The van der Waals surface area contributed by atoms with Crippen LogP contribution in [0.1, 0.15) is 23.1 Å². The first-order chi connectivity index (χ1) is 14.9. The number of hydrogen-bond donors (Lipinski definition) is 2. The van der Waals surface area contributed by atoms with Gasteiger partial charge in [-0.05, 0) is 29.3 Å². The Hall–Kier alpha value is -3.65. The summed E-state index contributed by atoms with van der Waals surface area (Å²) in [4.78, 5) is 39.5. The number of halogens is 1. The van der Waals surface area contributed by atoms with Gasteiger partial charge in [0.1, 0.15) is 17.8 Å². The van der Waals surface area contributed by atoms with E-state index in [4.69, 9.17) is 17.3 Å². The lowest BCUT2D eigenvalue weighted by Crippen LogP contribution is -2.48. The molecule has 9 heteroatoms. The Morgan fingerprint density at radius 2 is 1.87 bits per heavy atom. The van der Waals surface area contributed by atoms with Gasteiger partial charge < -0.3 is 16.0 Å². The van der Waals surface area contributed by atoms with Crippen LogP contribution in [0.2, 0.25) is 5.02 Å². The van der Waals surface area contributed by atoms with E-state index in [0.717, 1.165) is 5.56 Å². The molecule has 3 heterocycles. The fourth-order valence-corrected chi connectivity index (χ4v) is 4.62. The Kier molecular flexibility index (Phi) is 4.33. The molecule has 2 aromatic carbocycles. The number of nitrogens with one attached hydrogen (secondary N) is 1. The first-order valence-corrected chi connectivity index (χ1v) is 10.1. The van der Waals surface area contributed by atoms with E-state index < -0.39 is 11.3 Å². The predicted octanol–water partition coefficient (Wildman–Crippen LogP) is 2.05. The van der Waals surface area contributed by atoms with E-state index >= 15 is 0 Å². The quantitative estimate of drug-likeness (QED) is 0.653. The van der Waals surface area contributed by atoms with Crippen LogP contribution in [0.4, 0.5) is 11.5 Å². The molecule has 8 nitrogen and oxygen atoms in total. The Bertz CT molecular complexity index is 1240. The summed E-state index contributed by atoms with van der Waals surface area (Å²) in [7, 11) is 0. The van der Waals surface area contributed by atoms with Crippen molar-refractivity contribution in [3.63, 3.8) is 0 Å². The third kappa shape index (κ3) is 2.90. The maximum Gasteiger partial charge on any atom is 0.243 e. The fraction of sp³-hybridized carbons (Fsp3) is 0.182. The molecule has 0 bridgehead atoms. The van der Waals surface area contributed by atoms with Gasteiger partial charge in [0.15, 0.2) is 0 Å². The van der Waals surface area contributed by atoms with Crippen molar-refractivity contribution in [2.75, 3.05) is 16.8 Å². The number of primary amides is 1. The molecule has 1 aromatic heterocycles. The Morgan fingerprint density at radius 1 is 1.13 bits per heavy atom. The topological polar surface area (TPSA) is 110 Å². The van der Waals surface area contributed by atoms with Crippen molar-refractivity contribution in [1.82, 2.24) is 9.78 Å². The Morgan fingerprint density at radius 3 is 2.61 bits per heavy atom. The van der Waals surface area contributed by atoms with Gasteiger partial charge in [0.05, 0.1) is 12.7 Å². The lowest BCUT2D eigenvalue weighted by atomic mass is 9.72. The highest BCUT2D eigenvalue weighted by molar-refractivity contribution is 6.30. The van der Waals surface area contributed by atoms with Crippen LogP contribution in [-0.2, 0) is 26.3 Å². The van der Waals surface area contributed by atoms with Crippen LogP contribution < -0.4 is 16.0 Å². The van der Waals surface area contributed by atoms with Gasteiger partial charge in [0.2, 0.25) is 17.7 Å². The fourth-order valence-electron chi connectivity index (χ4n) is 4.49. The number of fused-ring (bicyclic) bond motifs is 4. The summed E-state index contributed by atoms with van der Waals surface area (Å²) in [6, 6.07) is 14.5. The molecule has 0 fully saturated rings. The number of carbonyl (C=O) groups is 3. The summed E-state index contributed by atoms with van der Waals surface area (Å²) in [5, 5.41) is 7.97. The number of aromatic nitrogens is 2. The highest BCUT2D eigenvalue weighted by atomic mass is 35.5. The second-order valence-electron chi connectivity index (χ2n) is 7.70. The molecule has 1 atom stereocenters. The molecule has 31 heavy (non-hydrogen) atoms. The molecule has 1 spiro atoms. The third-order valence-electron chi connectivity index (χ3n) is 5.81. The van der Waals surface area contributed by atoms with Crippen molar-refractivity contribution in [3.05, 3.63) is 76.4 Å². The van der Waals surface area contributed by atoms with Gasteiger partial charge in [-0.15, -0.1) is 0 Å². The van der Waals surface area contributed by atoms with Crippen LogP contribution in [0.5, 0.6) is 0 Å². The molecule has 0 radical (unpaired) electrons.